The van der Waals surface area contributed by atoms with E-state index in [9.17, 15) is 0 Å². The molecule has 0 unspecified atom stereocenters. The predicted octanol–water partition coefficient (Wildman–Crippen LogP) is 4.60. The van der Waals surface area contributed by atoms with E-state index in [1.165, 1.54) is 5.56 Å². The van der Waals surface area contributed by atoms with Gasteiger partial charge in [0.2, 0.25) is 0 Å². The minimum Gasteiger partial charge on any atom is -0.496 e. The standard InChI is InChI=1S/C16H17BrO2/c1-3-12-4-7-15(8-5-12)19-11-13-10-14(17)6-9-16(13)18-2/h4-10H,3,11H2,1-2H3. The summed E-state index contributed by atoms with van der Waals surface area (Å²) in [5.74, 6) is 1.72. The van der Waals surface area contributed by atoms with E-state index in [4.69, 9.17) is 9.47 Å². The largest absolute Gasteiger partial charge is 0.496 e. The van der Waals surface area contributed by atoms with E-state index in [1.807, 2.05) is 30.3 Å². The van der Waals surface area contributed by atoms with Gasteiger partial charge in [-0.15, -0.1) is 0 Å². The molecule has 0 saturated carbocycles. The topological polar surface area (TPSA) is 18.5 Å². The average Bonchev–Trinajstić information content (AvgIpc) is 2.46. The molecule has 2 rings (SSSR count). The van der Waals surface area contributed by atoms with Crippen LogP contribution in [0.1, 0.15) is 18.1 Å². The Labute approximate surface area is 122 Å². The number of methoxy groups -OCH3 is 1. The Morgan fingerprint density at radius 2 is 1.79 bits per heavy atom. The van der Waals surface area contributed by atoms with E-state index in [2.05, 4.69) is 35.0 Å². The number of halogens is 1. The van der Waals surface area contributed by atoms with Crippen LogP contribution >= 0.6 is 15.9 Å². The molecule has 19 heavy (non-hydrogen) atoms. The van der Waals surface area contributed by atoms with Crippen molar-refractivity contribution in [3.05, 3.63) is 58.1 Å². The maximum Gasteiger partial charge on any atom is 0.125 e. The van der Waals surface area contributed by atoms with Crippen molar-refractivity contribution in [2.24, 2.45) is 0 Å². The summed E-state index contributed by atoms with van der Waals surface area (Å²) < 4.78 is 12.1. The van der Waals surface area contributed by atoms with Crippen molar-refractivity contribution in [3.8, 4) is 11.5 Å². The smallest absolute Gasteiger partial charge is 0.125 e. The van der Waals surface area contributed by atoms with E-state index >= 15 is 0 Å². The molecule has 0 aromatic heterocycles. The van der Waals surface area contributed by atoms with Crippen molar-refractivity contribution in [2.75, 3.05) is 7.11 Å². The zero-order chi connectivity index (χ0) is 13.7. The molecule has 0 saturated heterocycles. The summed E-state index contributed by atoms with van der Waals surface area (Å²) in [7, 11) is 1.67. The fourth-order valence-corrected chi connectivity index (χ4v) is 2.25. The molecule has 0 aliphatic heterocycles. The summed E-state index contributed by atoms with van der Waals surface area (Å²) >= 11 is 3.46. The van der Waals surface area contributed by atoms with Crippen LogP contribution in [-0.2, 0) is 13.0 Å². The van der Waals surface area contributed by atoms with Crippen LogP contribution in [0.5, 0.6) is 11.5 Å². The second kappa shape index (κ2) is 6.62. The Morgan fingerprint density at radius 3 is 2.42 bits per heavy atom. The third-order valence-corrected chi connectivity index (χ3v) is 3.46. The first-order valence-electron chi connectivity index (χ1n) is 6.27. The van der Waals surface area contributed by atoms with Gasteiger partial charge in [-0.05, 0) is 42.3 Å². The highest BCUT2D eigenvalue weighted by Crippen LogP contribution is 2.24. The van der Waals surface area contributed by atoms with Crippen LogP contribution in [-0.4, -0.2) is 7.11 Å². The Hall–Kier alpha value is -1.48. The number of aryl methyl sites for hydroxylation is 1. The number of benzene rings is 2. The van der Waals surface area contributed by atoms with Crippen LogP contribution < -0.4 is 9.47 Å². The van der Waals surface area contributed by atoms with E-state index in [0.29, 0.717) is 6.61 Å². The highest BCUT2D eigenvalue weighted by atomic mass is 79.9. The molecule has 0 aliphatic rings. The van der Waals surface area contributed by atoms with Crippen molar-refractivity contribution in [1.82, 2.24) is 0 Å². The molecule has 2 nitrogen and oxygen atoms in total. The maximum absolute atomic E-state index is 5.79. The average molecular weight is 321 g/mol. The molecule has 0 aliphatic carbocycles. The fourth-order valence-electron chi connectivity index (χ4n) is 1.84. The van der Waals surface area contributed by atoms with Gasteiger partial charge >= 0.3 is 0 Å². The Morgan fingerprint density at radius 1 is 1.05 bits per heavy atom. The molecule has 0 radical (unpaired) electrons. The highest BCUT2D eigenvalue weighted by molar-refractivity contribution is 9.10. The molecule has 0 atom stereocenters. The quantitative estimate of drug-likeness (QED) is 0.801. The first kappa shape index (κ1) is 13.9. The summed E-state index contributed by atoms with van der Waals surface area (Å²) in [6, 6.07) is 14.1. The number of ether oxygens (including phenoxy) is 2. The highest BCUT2D eigenvalue weighted by Gasteiger charge is 2.04. The van der Waals surface area contributed by atoms with Gasteiger partial charge in [-0.3, -0.25) is 0 Å². The van der Waals surface area contributed by atoms with Gasteiger partial charge in [-0.25, -0.2) is 0 Å². The normalized spacial score (nSPS) is 10.3. The molecule has 0 bridgehead atoms. The first-order valence-corrected chi connectivity index (χ1v) is 7.06. The van der Waals surface area contributed by atoms with Gasteiger partial charge in [-0.1, -0.05) is 35.0 Å². The lowest BCUT2D eigenvalue weighted by Gasteiger charge is -2.11. The van der Waals surface area contributed by atoms with Crippen LogP contribution in [0.2, 0.25) is 0 Å². The van der Waals surface area contributed by atoms with E-state index in [1.54, 1.807) is 7.11 Å². The molecular formula is C16H17BrO2. The van der Waals surface area contributed by atoms with Gasteiger partial charge in [0, 0.05) is 10.0 Å². The molecule has 3 heteroatoms. The zero-order valence-electron chi connectivity index (χ0n) is 11.2. The lowest BCUT2D eigenvalue weighted by molar-refractivity contribution is 0.296. The SMILES string of the molecule is CCc1ccc(OCc2cc(Br)ccc2OC)cc1. The minimum absolute atomic E-state index is 0.494. The molecular weight excluding hydrogens is 304 g/mol. The Kier molecular flexibility index (Phi) is 4.86. The first-order chi connectivity index (χ1) is 9.22. The van der Waals surface area contributed by atoms with E-state index in [-0.39, 0.29) is 0 Å². The third kappa shape index (κ3) is 3.74. The van der Waals surface area contributed by atoms with Crippen molar-refractivity contribution in [2.45, 2.75) is 20.0 Å². The monoisotopic (exact) mass is 320 g/mol. The Balaban J connectivity index is 2.07. The van der Waals surface area contributed by atoms with Crippen molar-refractivity contribution < 1.29 is 9.47 Å². The number of hydrogen-bond acceptors (Lipinski definition) is 2. The summed E-state index contributed by atoms with van der Waals surface area (Å²) in [5.41, 5.74) is 2.34. The van der Waals surface area contributed by atoms with Gasteiger partial charge < -0.3 is 9.47 Å². The van der Waals surface area contributed by atoms with Gasteiger partial charge in [0.05, 0.1) is 7.11 Å². The molecule has 2 aromatic carbocycles. The summed E-state index contributed by atoms with van der Waals surface area (Å²) in [6.07, 6.45) is 1.04. The molecule has 0 N–H and O–H groups in total. The van der Waals surface area contributed by atoms with E-state index < -0.39 is 0 Å². The minimum atomic E-state index is 0.494. The van der Waals surface area contributed by atoms with Gasteiger partial charge in [0.1, 0.15) is 18.1 Å². The predicted molar refractivity (Wildman–Crippen MR) is 80.8 cm³/mol. The summed E-state index contributed by atoms with van der Waals surface area (Å²) in [5, 5.41) is 0. The van der Waals surface area contributed by atoms with Crippen LogP contribution in [0.25, 0.3) is 0 Å². The number of rotatable bonds is 5. The van der Waals surface area contributed by atoms with Gasteiger partial charge in [-0.2, -0.15) is 0 Å². The summed E-state index contributed by atoms with van der Waals surface area (Å²) in [4.78, 5) is 0. The second-order valence-electron chi connectivity index (χ2n) is 4.24. The number of hydrogen-bond donors (Lipinski definition) is 0. The molecule has 0 spiro atoms. The lowest BCUT2D eigenvalue weighted by atomic mass is 10.2. The van der Waals surface area contributed by atoms with Crippen molar-refractivity contribution in [3.63, 3.8) is 0 Å². The molecule has 0 amide bonds. The molecule has 2 aromatic rings. The van der Waals surface area contributed by atoms with Crippen LogP contribution in [0.15, 0.2) is 46.9 Å². The van der Waals surface area contributed by atoms with Gasteiger partial charge in [0.25, 0.3) is 0 Å². The Bertz CT molecular complexity index is 535. The van der Waals surface area contributed by atoms with Crippen molar-refractivity contribution >= 4 is 15.9 Å². The van der Waals surface area contributed by atoms with Gasteiger partial charge in [0.15, 0.2) is 0 Å². The third-order valence-electron chi connectivity index (χ3n) is 2.97. The lowest BCUT2D eigenvalue weighted by Crippen LogP contribution is -1.99. The summed E-state index contributed by atoms with van der Waals surface area (Å²) in [6.45, 7) is 2.64. The molecule has 0 fully saturated rings. The molecule has 100 valence electrons. The van der Waals surface area contributed by atoms with Crippen LogP contribution in [0, 0.1) is 0 Å². The van der Waals surface area contributed by atoms with Crippen LogP contribution in [0.3, 0.4) is 0 Å². The maximum atomic E-state index is 5.79. The second-order valence-corrected chi connectivity index (χ2v) is 5.16. The van der Waals surface area contributed by atoms with E-state index in [0.717, 1.165) is 28.0 Å². The fraction of sp³-hybridized carbons (Fsp3) is 0.250. The zero-order valence-corrected chi connectivity index (χ0v) is 12.7. The van der Waals surface area contributed by atoms with Crippen LogP contribution in [0.4, 0.5) is 0 Å². The molecule has 0 heterocycles. The van der Waals surface area contributed by atoms with Crippen molar-refractivity contribution in [1.29, 1.82) is 0 Å².